The van der Waals surface area contributed by atoms with Gasteiger partial charge in [-0.25, -0.2) is 4.98 Å². The SMILES string of the molecule is CNc1nc(Nc2cc(C#N)cc3c2cnn3C)ncc1C(F)(F)F. The fraction of sp³-hybridized carbons (Fsp3) is 0.200. The van der Waals surface area contributed by atoms with Crippen LogP contribution in [0.3, 0.4) is 0 Å². The topological polar surface area (TPSA) is 91.5 Å². The number of hydrogen-bond donors (Lipinski definition) is 2. The summed E-state index contributed by atoms with van der Waals surface area (Å²) in [5.41, 5.74) is 0.587. The first-order valence-corrected chi connectivity index (χ1v) is 7.08. The van der Waals surface area contributed by atoms with Gasteiger partial charge in [-0.2, -0.15) is 28.5 Å². The maximum Gasteiger partial charge on any atom is 0.421 e. The molecule has 7 nitrogen and oxygen atoms in total. The molecule has 10 heteroatoms. The third kappa shape index (κ3) is 3.03. The summed E-state index contributed by atoms with van der Waals surface area (Å²) in [6, 6.07) is 5.26. The highest BCUT2D eigenvalue weighted by atomic mass is 19.4. The number of alkyl halides is 3. The van der Waals surface area contributed by atoms with Crippen molar-refractivity contribution in [1.82, 2.24) is 19.7 Å². The fourth-order valence-electron chi connectivity index (χ4n) is 2.38. The van der Waals surface area contributed by atoms with Gasteiger partial charge in [0.1, 0.15) is 11.4 Å². The molecular weight excluding hydrogens is 335 g/mol. The Morgan fingerprint density at radius 3 is 2.64 bits per heavy atom. The molecule has 0 amide bonds. The van der Waals surface area contributed by atoms with E-state index < -0.39 is 11.7 Å². The molecule has 3 rings (SSSR count). The summed E-state index contributed by atoms with van der Waals surface area (Å²) in [5.74, 6) is -0.374. The molecule has 0 radical (unpaired) electrons. The normalized spacial score (nSPS) is 11.4. The molecule has 25 heavy (non-hydrogen) atoms. The minimum absolute atomic E-state index is 0.0300. The zero-order chi connectivity index (χ0) is 18.2. The van der Waals surface area contributed by atoms with Crippen LogP contribution in [0.5, 0.6) is 0 Å². The number of nitrogens with zero attached hydrogens (tertiary/aromatic N) is 5. The Hall–Kier alpha value is -3.35. The van der Waals surface area contributed by atoms with Crippen molar-refractivity contribution < 1.29 is 13.2 Å². The van der Waals surface area contributed by atoms with Gasteiger partial charge < -0.3 is 10.6 Å². The quantitative estimate of drug-likeness (QED) is 0.757. The van der Waals surface area contributed by atoms with E-state index in [0.717, 1.165) is 0 Å². The Balaban J connectivity index is 2.06. The maximum absolute atomic E-state index is 12.9. The van der Waals surface area contributed by atoms with Crippen LogP contribution in [0.25, 0.3) is 10.9 Å². The molecule has 2 N–H and O–H groups in total. The number of rotatable bonds is 3. The lowest BCUT2D eigenvalue weighted by Crippen LogP contribution is -2.12. The van der Waals surface area contributed by atoms with Gasteiger partial charge in [0.15, 0.2) is 0 Å². The highest BCUT2D eigenvalue weighted by Crippen LogP contribution is 2.34. The van der Waals surface area contributed by atoms with Gasteiger partial charge in [0.2, 0.25) is 5.95 Å². The van der Waals surface area contributed by atoms with E-state index in [9.17, 15) is 13.2 Å². The molecule has 3 aromatic rings. The Morgan fingerprint density at radius 2 is 2.00 bits per heavy atom. The van der Waals surface area contributed by atoms with Crippen LogP contribution in [-0.4, -0.2) is 26.8 Å². The maximum atomic E-state index is 12.9. The second-order valence-electron chi connectivity index (χ2n) is 5.17. The molecule has 0 spiro atoms. The van der Waals surface area contributed by atoms with E-state index in [2.05, 4.69) is 25.7 Å². The van der Waals surface area contributed by atoms with E-state index in [0.29, 0.717) is 28.4 Å². The first-order valence-electron chi connectivity index (χ1n) is 7.08. The van der Waals surface area contributed by atoms with Crippen LogP contribution in [0.1, 0.15) is 11.1 Å². The van der Waals surface area contributed by atoms with E-state index in [1.807, 2.05) is 6.07 Å². The van der Waals surface area contributed by atoms with Crippen LogP contribution in [-0.2, 0) is 13.2 Å². The number of hydrogen-bond acceptors (Lipinski definition) is 6. The molecule has 0 aliphatic carbocycles. The van der Waals surface area contributed by atoms with Gasteiger partial charge in [-0.3, -0.25) is 4.68 Å². The van der Waals surface area contributed by atoms with Gasteiger partial charge in [-0.15, -0.1) is 0 Å². The molecule has 0 fully saturated rings. The molecule has 1 aromatic carbocycles. The second-order valence-corrected chi connectivity index (χ2v) is 5.17. The predicted molar refractivity (Wildman–Crippen MR) is 85.3 cm³/mol. The summed E-state index contributed by atoms with van der Waals surface area (Å²) in [5, 5.41) is 19.2. The van der Waals surface area contributed by atoms with Crippen molar-refractivity contribution in [2.24, 2.45) is 7.05 Å². The van der Waals surface area contributed by atoms with Crippen LogP contribution >= 0.6 is 0 Å². The van der Waals surface area contributed by atoms with Crippen molar-refractivity contribution >= 4 is 28.4 Å². The second kappa shape index (κ2) is 5.94. The highest BCUT2D eigenvalue weighted by Gasteiger charge is 2.35. The predicted octanol–water partition coefficient (Wildman–Crippen LogP) is 3.04. The van der Waals surface area contributed by atoms with Gasteiger partial charge >= 0.3 is 6.18 Å². The van der Waals surface area contributed by atoms with Crippen molar-refractivity contribution in [3.05, 3.63) is 35.7 Å². The van der Waals surface area contributed by atoms with Gasteiger partial charge in [0.05, 0.1) is 29.0 Å². The molecule has 0 saturated heterocycles. The molecule has 2 aromatic heterocycles. The van der Waals surface area contributed by atoms with E-state index in [4.69, 9.17) is 5.26 Å². The third-order valence-electron chi connectivity index (χ3n) is 3.57. The third-order valence-corrected chi connectivity index (χ3v) is 3.57. The monoisotopic (exact) mass is 347 g/mol. The number of fused-ring (bicyclic) bond motifs is 1. The van der Waals surface area contributed by atoms with Crippen molar-refractivity contribution in [2.45, 2.75) is 6.18 Å². The summed E-state index contributed by atoms with van der Waals surface area (Å²) >= 11 is 0. The number of nitriles is 1. The van der Waals surface area contributed by atoms with E-state index >= 15 is 0 Å². The Morgan fingerprint density at radius 1 is 1.24 bits per heavy atom. The molecule has 128 valence electrons. The smallest absolute Gasteiger partial charge is 0.372 e. The molecule has 0 bridgehead atoms. The van der Waals surface area contributed by atoms with Crippen molar-refractivity contribution in [3.63, 3.8) is 0 Å². The van der Waals surface area contributed by atoms with Crippen molar-refractivity contribution in [2.75, 3.05) is 17.7 Å². The average molecular weight is 347 g/mol. The minimum Gasteiger partial charge on any atom is -0.372 e. The number of halogens is 3. The molecule has 0 aliphatic heterocycles. The molecular formula is C15H12F3N7. The Bertz CT molecular complexity index is 985. The van der Waals surface area contributed by atoms with E-state index in [1.54, 1.807) is 30.1 Å². The molecule has 0 saturated carbocycles. The molecule has 0 unspecified atom stereocenters. The van der Waals surface area contributed by atoms with Crippen LogP contribution in [0, 0.1) is 11.3 Å². The van der Waals surface area contributed by atoms with Crippen LogP contribution in [0.15, 0.2) is 24.5 Å². The Kier molecular flexibility index (Phi) is 3.92. The standard InChI is InChI=1S/C15H12F3N7/c1-20-13-10(15(16,17)18)7-21-14(24-13)23-11-3-8(5-19)4-12-9(11)6-22-25(12)2/h3-4,6-7H,1-2H3,(H2,20,21,23,24). The number of aryl methyl sites for hydroxylation is 1. The van der Waals surface area contributed by atoms with Crippen LogP contribution < -0.4 is 10.6 Å². The largest absolute Gasteiger partial charge is 0.421 e. The highest BCUT2D eigenvalue weighted by molar-refractivity contribution is 5.94. The lowest BCUT2D eigenvalue weighted by atomic mass is 10.1. The molecule has 0 aliphatic rings. The number of anilines is 3. The Labute approximate surface area is 140 Å². The average Bonchev–Trinajstić information content (AvgIpc) is 2.95. The van der Waals surface area contributed by atoms with Crippen LogP contribution in [0.4, 0.5) is 30.6 Å². The zero-order valence-electron chi connectivity index (χ0n) is 13.2. The summed E-state index contributed by atoms with van der Waals surface area (Å²) in [7, 11) is 3.07. The van der Waals surface area contributed by atoms with Crippen molar-refractivity contribution in [1.29, 1.82) is 5.26 Å². The lowest BCUT2D eigenvalue weighted by Gasteiger charge is -2.13. The molecule has 0 atom stereocenters. The van der Waals surface area contributed by atoms with Gasteiger partial charge in [-0.05, 0) is 12.1 Å². The van der Waals surface area contributed by atoms with Gasteiger partial charge in [0.25, 0.3) is 0 Å². The molecule has 2 heterocycles. The van der Waals surface area contributed by atoms with E-state index in [-0.39, 0.29) is 11.8 Å². The van der Waals surface area contributed by atoms with E-state index in [1.165, 1.54) is 7.05 Å². The number of aromatic nitrogens is 4. The summed E-state index contributed by atoms with van der Waals surface area (Å²) in [6.45, 7) is 0. The van der Waals surface area contributed by atoms with Crippen molar-refractivity contribution in [3.8, 4) is 6.07 Å². The fourth-order valence-corrected chi connectivity index (χ4v) is 2.38. The van der Waals surface area contributed by atoms with Gasteiger partial charge in [0, 0.05) is 25.7 Å². The van der Waals surface area contributed by atoms with Gasteiger partial charge in [-0.1, -0.05) is 0 Å². The number of benzene rings is 1. The zero-order valence-corrected chi connectivity index (χ0v) is 13.2. The number of nitrogens with one attached hydrogen (secondary N) is 2. The minimum atomic E-state index is -4.56. The van der Waals surface area contributed by atoms with Crippen LogP contribution in [0.2, 0.25) is 0 Å². The first-order chi connectivity index (χ1) is 11.8. The summed E-state index contributed by atoms with van der Waals surface area (Å²) in [6.07, 6.45) is -2.27. The lowest BCUT2D eigenvalue weighted by molar-refractivity contribution is -0.137. The summed E-state index contributed by atoms with van der Waals surface area (Å²) in [4.78, 5) is 7.58. The first kappa shape index (κ1) is 16.5. The summed E-state index contributed by atoms with van der Waals surface area (Å²) < 4.78 is 40.3.